The summed E-state index contributed by atoms with van der Waals surface area (Å²) in [4.78, 5) is 39.2. The summed E-state index contributed by atoms with van der Waals surface area (Å²) in [5.74, 6) is -1.83. The zero-order chi connectivity index (χ0) is 21.8. The summed E-state index contributed by atoms with van der Waals surface area (Å²) >= 11 is 0. The van der Waals surface area contributed by atoms with E-state index in [1.807, 2.05) is 32.0 Å². The van der Waals surface area contributed by atoms with Crippen molar-refractivity contribution in [1.82, 2.24) is 0 Å². The number of nitriles is 1. The number of ether oxygens (including phenoxy) is 1. The van der Waals surface area contributed by atoms with Crippen molar-refractivity contribution in [3.05, 3.63) is 64.7 Å². The van der Waals surface area contributed by atoms with E-state index in [-0.39, 0.29) is 24.3 Å². The van der Waals surface area contributed by atoms with E-state index < -0.39 is 17.8 Å². The van der Waals surface area contributed by atoms with Gasteiger partial charge in [-0.15, -0.1) is 0 Å². The van der Waals surface area contributed by atoms with Crippen molar-refractivity contribution in [3.8, 4) is 6.07 Å². The van der Waals surface area contributed by atoms with Crippen LogP contribution in [0.4, 0.5) is 11.4 Å². The van der Waals surface area contributed by atoms with E-state index in [9.17, 15) is 19.6 Å². The molecule has 0 unspecified atom stereocenters. The molecule has 7 heteroatoms. The molecule has 0 radical (unpaired) electrons. The lowest BCUT2D eigenvalue weighted by molar-refractivity contribution is -0.142. The molecule has 7 nitrogen and oxygen atoms in total. The number of esters is 1. The Balaban J connectivity index is 2.03. The average Bonchev–Trinajstić information content (AvgIpc) is 2.98. The van der Waals surface area contributed by atoms with Crippen LogP contribution >= 0.6 is 0 Å². The van der Waals surface area contributed by atoms with Crippen molar-refractivity contribution < 1.29 is 19.1 Å². The molecule has 1 N–H and O–H groups in total. The van der Waals surface area contributed by atoms with Crippen LogP contribution in [-0.4, -0.2) is 30.9 Å². The first-order valence-corrected chi connectivity index (χ1v) is 9.47. The van der Waals surface area contributed by atoms with Gasteiger partial charge < -0.3 is 10.1 Å². The molecular weight excluding hydrogens is 382 g/mol. The SMILES string of the molecule is CCOC(=O)CN1C(=O)/C(=C(\C#N)C(=O)Nc2cc(C)ccc2C)c2ccccc21. The molecule has 2 aromatic carbocycles. The van der Waals surface area contributed by atoms with E-state index in [2.05, 4.69) is 5.32 Å². The maximum Gasteiger partial charge on any atom is 0.326 e. The third kappa shape index (κ3) is 3.94. The van der Waals surface area contributed by atoms with Crippen LogP contribution in [0, 0.1) is 25.2 Å². The van der Waals surface area contributed by atoms with Gasteiger partial charge in [-0.3, -0.25) is 19.3 Å². The highest BCUT2D eigenvalue weighted by molar-refractivity contribution is 6.38. The number of carbonyl (C=O) groups is 3. The van der Waals surface area contributed by atoms with Gasteiger partial charge in [-0.2, -0.15) is 5.26 Å². The van der Waals surface area contributed by atoms with Gasteiger partial charge in [0.2, 0.25) is 0 Å². The molecule has 0 saturated carbocycles. The van der Waals surface area contributed by atoms with E-state index in [0.717, 1.165) is 11.1 Å². The van der Waals surface area contributed by atoms with Gasteiger partial charge in [0.15, 0.2) is 0 Å². The maximum atomic E-state index is 13.1. The Morgan fingerprint density at radius 1 is 1.17 bits per heavy atom. The van der Waals surface area contributed by atoms with Crippen molar-refractivity contribution in [2.75, 3.05) is 23.4 Å². The molecule has 1 aliphatic heterocycles. The van der Waals surface area contributed by atoms with Crippen molar-refractivity contribution in [2.24, 2.45) is 0 Å². The van der Waals surface area contributed by atoms with Gasteiger partial charge in [-0.05, 0) is 44.0 Å². The van der Waals surface area contributed by atoms with E-state index in [0.29, 0.717) is 16.9 Å². The predicted octanol–water partition coefficient (Wildman–Crippen LogP) is 3.13. The Hall–Kier alpha value is -3.92. The Morgan fingerprint density at radius 3 is 2.60 bits per heavy atom. The number of nitrogens with zero attached hydrogens (tertiary/aromatic N) is 2. The second kappa shape index (κ2) is 8.62. The second-order valence-electron chi connectivity index (χ2n) is 6.85. The van der Waals surface area contributed by atoms with Crippen LogP contribution in [-0.2, 0) is 19.1 Å². The van der Waals surface area contributed by atoms with Gasteiger partial charge in [-0.1, -0.05) is 30.3 Å². The van der Waals surface area contributed by atoms with Crippen LogP contribution < -0.4 is 10.2 Å². The number of aryl methyl sites for hydroxylation is 2. The largest absolute Gasteiger partial charge is 0.465 e. The Morgan fingerprint density at radius 2 is 1.90 bits per heavy atom. The van der Waals surface area contributed by atoms with Crippen LogP contribution in [0.5, 0.6) is 0 Å². The third-order valence-corrected chi connectivity index (χ3v) is 4.75. The molecule has 30 heavy (non-hydrogen) atoms. The number of rotatable bonds is 5. The molecule has 2 aromatic rings. The summed E-state index contributed by atoms with van der Waals surface area (Å²) in [6.45, 7) is 5.29. The number of fused-ring (bicyclic) bond motifs is 1. The zero-order valence-corrected chi connectivity index (χ0v) is 17.0. The van der Waals surface area contributed by atoms with Gasteiger partial charge in [0.25, 0.3) is 11.8 Å². The Bertz CT molecular complexity index is 1110. The molecule has 2 amide bonds. The molecule has 0 saturated heterocycles. The number of carbonyl (C=O) groups excluding carboxylic acids is 3. The minimum Gasteiger partial charge on any atom is -0.465 e. The number of anilines is 2. The molecule has 0 aromatic heterocycles. The molecule has 1 aliphatic rings. The standard InChI is InChI=1S/C23H21N3O4/c1-4-30-20(27)13-26-19-8-6-5-7-16(19)21(23(26)29)17(12-24)22(28)25-18-11-14(2)9-10-15(18)3/h5-11H,4,13H2,1-3H3,(H,25,28)/b21-17+. The number of hydrogen-bond acceptors (Lipinski definition) is 5. The summed E-state index contributed by atoms with van der Waals surface area (Å²) in [5, 5.41) is 12.4. The fraction of sp³-hybridized carbons (Fsp3) is 0.217. The van der Waals surface area contributed by atoms with E-state index in [4.69, 9.17) is 4.74 Å². The molecule has 152 valence electrons. The minimum absolute atomic E-state index is 0.0276. The van der Waals surface area contributed by atoms with Crippen molar-refractivity contribution in [1.29, 1.82) is 5.26 Å². The molecule has 3 rings (SSSR count). The van der Waals surface area contributed by atoms with Crippen molar-refractivity contribution >= 4 is 34.7 Å². The molecule has 1 heterocycles. The minimum atomic E-state index is -0.678. The number of hydrogen-bond donors (Lipinski definition) is 1. The summed E-state index contributed by atoms with van der Waals surface area (Å²) in [7, 11) is 0. The number of para-hydroxylation sites is 1. The number of nitrogens with one attached hydrogen (secondary N) is 1. The van der Waals surface area contributed by atoms with Crippen LogP contribution in [0.2, 0.25) is 0 Å². The van der Waals surface area contributed by atoms with Crippen LogP contribution in [0.15, 0.2) is 48.0 Å². The summed E-state index contributed by atoms with van der Waals surface area (Å²) in [6.07, 6.45) is 0. The summed E-state index contributed by atoms with van der Waals surface area (Å²) < 4.78 is 4.95. The van der Waals surface area contributed by atoms with E-state index >= 15 is 0 Å². The molecule has 0 spiro atoms. The average molecular weight is 403 g/mol. The van der Waals surface area contributed by atoms with Gasteiger partial charge >= 0.3 is 5.97 Å². The molecule has 0 aliphatic carbocycles. The first-order chi connectivity index (χ1) is 14.4. The van der Waals surface area contributed by atoms with Crippen molar-refractivity contribution in [2.45, 2.75) is 20.8 Å². The highest BCUT2D eigenvalue weighted by atomic mass is 16.5. The van der Waals surface area contributed by atoms with E-state index in [1.54, 1.807) is 37.3 Å². The first-order valence-electron chi connectivity index (χ1n) is 9.47. The smallest absolute Gasteiger partial charge is 0.326 e. The monoisotopic (exact) mass is 403 g/mol. The molecule has 0 fully saturated rings. The van der Waals surface area contributed by atoms with Gasteiger partial charge in [-0.25, -0.2) is 0 Å². The number of benzene rings is 2. The maximum absolute atomic E-state index is 13.1. The fourth-order valence-corrected chi connectivity index (χ4v) is 3.29. The normalized spacial score (nSPS) is 14.1. The molecular formula is C23H21N3O4. The number of amides is 2. The Labute approximate surface area is 174 Å². The van der Waals surface area contributed by atoms with Crippen LogP contribution in [0.3, 0.4) is 0 Å². The third-order valence-electron chi connectivity index (χ3n) is 4.75. The first kappa shape index (κ1) is 20.8. The lowest BCUT2D eigenvalue weighted by atomic mass is 10.0. The topological polar surface area (TPSA) is 99.5 Å². The van der Waals surface area contributed by atoms with Crippen molar-refractivity contribution in [3.63, 3.8) is 0 Å². The highest BCUT2D eigenvalue weighted by Gasteiger charge is 2.37. The highest BCUT2D eigenvalue weighted by Crippen LogP contribution is 2.38. The van der Waals surface area contributed by atoms with Gasteiger partial charge in [0, 0.05) is 11.3 Å². The van der Waals surface area contributed by atoms with Gasteiger partial charge in [0.1, 0.15) is 18.2 Å². The van der Waals surface area contributed by atoms with E-state index in [1.165, 1.54) is 4.90 Å². The lowest BCUT2D eigenvalue weighted by Crippen LogP contribution is -2.33. The fourth-order valence-electron chi connectivity index (χ4n) is 3.29. The zero-order valence-electron chi connectivity index (χ0n) is 17.0. The predicted molar refractivity (Wildman–Crippen MR) is 113 cm³/mol. The molecule has 0 bridgehead atoms. The van der Waals surface area contributed by atoms with Gasteiger partial charge in [0.05, 0.1) is 17.9 Å². The Kier molecular flexibility index (Phi) is 5.98. The van der Waals surface area contributed by atoms with Crippen LogP contribution in [0.25, 0.3) is 5.57 Å². The second-order valence-corrected chi connectivity index (χ2v) is 6.85. The van der Waals surface area contributed by atoms with Crippen LogP contribution in [0.1, 0.15) is 23.6 Å². The quantitative estimate of drug-likeness (QED) is 0.470. The molecule has 0 atom stereocenters. The summed E-state index contributed by atoms with van der Waals surface area (Å²) in [6, 6.07) is 14.2. The lowest BCUT2D eigenvalue weighted by Gasteiger charge is -2.15. The summed E-state index contributed by atoms with van der Waals surface area (Å²) in [5.41, 5.74) is 2.90.